The molecule has 5 heteroatoms. The number of methoxy groups -OCH3 is 1. The van der Waals surface area contributed by atoms with Crippen LogP contribution in [0.4, 0.5) is 0 Å². The van der Waals surface area contributed by atoms with Crippen LogP contribution in [0.15, 0.2) is 53.1 Å². The van der Waals surface area contributed by atoms with Crippen LogP contribution in [0, 0.1) is 0 Å². The molecular weight excluding hydrogens is 280 g/mol. The lowest BCUT2D eigenvalue weighted by molar-refractivity contribution is 0.340. The molecule has 0 fully saturated rings. The molecule has 0 spiro atoms. The highest BCUT2D eigenvalue weighted by Gasteiger charge is 2.11. The molecule has 0 aliphatic heterocycles. The summed E-state index contributed by atoms with van der Waals surface area (Å²) < 4.78 is 16.0. The minimum atomic E-state index is 0.473. The summed E-state index contributed by atoms with van der Waals surface area (Å²) in [6.07, 6.45) is 0. The molecule has 0 amide bonds. The van der Waals surface area contributed by atoms with E-state index >= 15 is 0 Å². The maximum absolute atomic E-state index is 5.42. The fourth-order valence-electron chi connectivity index (χ4n) is 2.08. The molecule has 5 nitrogen and oxygen atoms in total. The van der Waals surface area contributed by atoms with E-state index in [0.29, 0.717) is 18.3 Å². The molecule has 112 valence electrons. The molecule has 2 aromatic carbocycles. The molecule has 0 N–H and O–H groups in total. The first kappa shape index (κ1) is 14.1. The predicted molar refractivity (Wildman–Crippen MR) is 82.9 cm³/mol. The lowest BCUT2D eigenvalue weighted by Crippen LogP contribution is -1.90. The Morgan fingerprint density at radius 2 is 1.82 bits per heavy atom. The van der Waals surface area contributed by atoms with Crippen molar-refractivity contribution in [3.05, 3.63) is 48.5 Å². The molecule has 0 saturated carbocycles. The van der Waals surface area contributed by atoms with E-state index in [4.69, 9.17) is 14.0 Å². The molecule has 1 heterocycles. The Hall–Kier alpha value is -2.82. The van der Waals surface area contributed by atoms with Gasteiger partial charge in [-0.15, -0.1) is 0 Å². The molecular formula is C17H16N2O3. The first-order chi connectivity index (χ1) is 10.8. The number of hydrogen-bond acceptors (Lipinski definition) is 5. The molecule has 0 bridgehead atoms. The Balaban J connectivity index is 1.86. The van der Waals surface area contributed by atoms with Crippen molar-refractivity contribution >= 4 is 0 Å². The molecule has 0 radical (unpaired) electrons. The lowest BCUT2D eigenvalue weighted by atomic mass is 10.2. The van der Waals surface area contributed by atoms with Crippen molar-refractivity contribution in [3.63, 3.8) is 0 Å². The maximum Gasteiger partial charge on any atom is 0.258 e. The first-order valence-electron chi connectivity index (χ1n) is 7.01. The molecule has 3 rings (SSSR count). The van der Waals surface area contributed by atoms with Gasteiger partial charge in [0.2, 0.25) is 5.82 Å². The summed E-state index contributed by atoms with van der Waals surface area (Å²) in [6, 6.07) is 15.1. The Labute approximate surface area is 128 Å². The second kappa shape index (κ2) is 6.30. The van der Waals surface area contributed by atoms with Crippen molar-refractivity contribution in [2.24, 2.45) is 0 Å². The van der Waals surface area contributed by atoms with Crippen LogP contribution in [0.25, 0.3) is 22.8 Å². The molecule has 3 aromatic rings. The van der Waals surface area contributed by atoms with Gasteiger partial charge in [0.1, 0.15) is 11.5 Å². The van der Waals surface area contributed by atoms with Crippen molar-refractivity contribution in [3.8, 4) is 34.3 Å². The van der Waals surface area contributed by atoms with E-state index in [-0.39, 0.29) is 0 Å². The number of benzene rings is 2. The summed E-state index contributed by atoms with van der Waals surface area (Å²) in [5.74, 6) is 2.58. The van der Waals surface area contributed by atoms with Crippen LogP contribution < -0.4 is 9.47 Å². The van der Waals surface area contributed by atoms with Crippen molar-refractivity contribution in [1.82, 2.24) is 10.1 Å². The van der Waals surface area contributed by atoms with Crippen LogP contribution in [0.1, 0.15) is 6.92 Å². The summed E-state index contributed by atoms with van der Waals surface area (Å²) in [4.78, 5) is 4.43. The number of nitrogens with zero attached hydrogens (tertiary/aromatic N) is 2. The van der Waals surface area contributed by atoms with Crippen LogP contribution in [0.2, 0.25) is 0 Å². The van der Waals surface area contributed by atoms with E-state index in [1.807, 2.05) is 55.5 Å². The quantitative estimate of drug-likeness (QED) is 0.716. The first-order valence-corrected chi connectivity index (χ1v) is 7.01. The highest BCUT2D eigenvalue weighted by molar-refractivity contribution is 5.61. The number of ether oxygens (including phenoxy) is 2. The van der Waals surface area contributed by atoms with Crippen molar-refractivity contribution in [2.45, 2.75) is 6.92 Å². The van der Waals surface area contributed by atoms with Gasteiger partial charge in [0.15, 0.2) is 0 Å². The zero-order valence-electron chi connectivity index (χ0n) is 12.4. The topological polar surface area (TPSA) is 57.4 Å². The summed E-state index contributed by atoms with van der Waals surface area (Å²) in [6.45, 7) is 2.59. The van der Waals surface area contributed by atoms with E-state index in [2.05, 4.69) is 10.1 Å². The van der Waals surface area contributed by atoms with Crippen molar-refractivity contribution in [2.75, 3.05) is 13.7 Å². The van der Waals surface area contributed by atoms with Gasteiger partial charge in [-0.1, -0.05) is 17.3 Å². The maximum atomic E-state index is 5.42. The van der Waals surface area contributed by atoms with Crippen LogP contribution in [-0.4, -0.2) is 23.9 Å². The Morgan fingerprint density at radius 1 is 1.00 bits per heavy atom. The largest absolute Gasteiger partial charge is 0.497 e. The number of aromatic nitrogens is 2. The van der Waals surface area contributed by atoms with Crippen LogP contribution in [0.3, 0.4) is 0 Å². The standard InChI is InChI=1S/C17H16N2O3/c1-3-21-14-9-7-12(8-10-14)17-18-16(19-22-17)13-5-4-6-15(11-13)20-2/h4-11H,3H2,1-2H3. The minimum Gasteiger partial charge on any atom is -0.497 e. The van der Waals surface area contributed by atoms with Gasteiger partial charge in [-0.2, -0.15) is 4.98 Å². The fraction of sp³-hybridized carbons (Fsp3) is 0.176. The SMILES string of the molecule is CCOc1ccc(-c2nc(-c3cccc(OC)c3)no2)cc1. The Morgan fingerprint density at radius 3 is 2.55 bits per heavy atom. The third kappa shape index (κ3) is 2.93. The lowest BCUT2D eigenvalue weighted by Gasteiger charge is -2.02. The van der Waals surface area contributed by atoms with Crippen molar-refractivity contribution < 1.29 is 14.0 Å². The van der Waals surface area contributed by atoms with Crippen LogP contribution in [0.5, 0.6) is 11.5 Å². The van der Waals surface area contributed by atoms with E-state index < -0.39 is 0 Å². The van der Waals surface area contributed by atoms with Gasteiger partial charge in [-0.05, 0) is 43.3 Å². The van der Waals surface area contributed by atoms with Gasteiger partial charge in [-0.25, -0.2) is 0 Å². The van der Waals surface area contributed by atoms with Gasteiger partial charge in [0.05, 0.1) is 13.7 Å². The third-order valence-corrected chi connectivity index (χ3v) is 3.17. The average molecular weight is 296 g/mol. The minimum absolute atomic E-state index is 0.473. The monoisotopic (exact) mass is 296 g/mol. The van der Waals surface area contributed by atoms with Crippen molar-refractivity contribution in [1.29, 1.82) is 0 Å². The molecule has 0 saturated heterocycles. The molecule has 0 atom stereocenters. The summed E-state index contributed by atoms with van der Waals surface area (Å²) in [5.41, 5.74) is 1.70. The molecule has 0 aliphatic carbocycles. The zero-order valence-corrected chi connectivity index (χ0v) is 12.4. The molecule has 0 aliphatic rings. The Bertz CT molecular complexity index is 751. The average Bonchev–Trinajstić information content (AvgIpc) is 3.06. The van der Waals surface area contributed by atoms with E-state index in [0.717, 1.165) is 22.6 Å². The van der Waals surface area contributed by atoms with E-state index in [9.17, 15) is 0 Å². The number of hydrogen-bond donors (Lipinski definition) is 0. The van der Waals surface area contributed by atoms with Crippen LogP contribution >= 0.6 is 0 Å². The van der Waals surface area contributed by atoms with Crippen LogP contribution in [-0.2, 0) is 0 Å². The van der Waals surface area contributed by atoms with E-state index in [1.54, 1.807) is 7.11 Å². The zero-order chi connectivity index (χ0) is 15.4. The molecule has 22 heavy (non-hydrogen) atoms. The smallest absolute Gasteiger partial charge is 0.258 e. The van der Waals surface area contributed by atoms with Gasteiger partial charge in [0.25, 0.3) is 5.89 Å². The normalized spacial score (nSPS) is 10.5. The van der Waals surface area contributed by atoms with Gasteiger partial charge in [-0.3, -0.25) is 0 Å². The third-order valence-electron chi connectivity index (χ3n) is 3.17. The Kier molecular flexibility index (Phi) is 4.05. The van der Waals surface area contributed by atoms with Gasteiger partial charge in [0, 0.05) is 11.1 Å². The van der Waals surface area contributed by atoms with Gasteiger partial charge < -0.3 is 14.0 Å². The van der Waals surface area contributed by atoms with Gasteiger partial charge >= 0.3 is 0 Å². The summed E-state index contributed by atoms with van der Waals surface area (Å²) in [5, 5.41) is 4.02. The highest BCUT2D eigenvalue weighted by atomic mass is 16.5. The highest BCUT2D eigenvalue weighted by Crippen LogP contribution is 2.25. The summed E-state index contributed by atoms with van der Waals surface area (Å²) >= 11 is 0. The predicted octanol–water partition coefficient (Wildman–Crippen LogP) is 3.81. The second-order valence-corrected chi connectivity index (χ2v) is 4.61. The van der Waals surface area contributed by atoms with E-state index in [1.165, 1.54) is 0 Å². The molecule has 0 unspecified atom stereocenters. The number of rotatable bonds is 5. The fourth-order valence-corrected chi connectivity index (χ4v) is 2.08. The second-order valence-electron chi connectivity index (χ2n) is 4.61. The summed E-state index contributed by atoms with van der Waals surface area (Å²) in [7, 11) is 1.63. The molecule has 1 aromatic heterocycles.